The van der Waals surface area contributed by atoms with E-state index in [1.165, 1.54) is 13.0 Å². The number of ether oxygens (including phenoxy) is 1. The normalized spacial score (nSPS) is 33.2. The van der Waals surface area contributed by atoms with Crippen LogP contribution in [-0.4, -0.2) is 50.8 Å². The topological polar surface area (TPSA) is 24.5 Å². The lowest BCUT2D eigenvalue weighted by Crippen LogP contribution is -2.51. The van der Waals surface area contributed by atoms with E-state index >= 15 is 0 Å². The van der Waals surface area contributed by atoms with Crippen molar-refractivity contribution in [3.63, 3.8) is 0 Å². The van der Waals surface area contributed by atoms with E-state index in [1.807, 2.05) is 0 Å². The summed E-state index contributed by atoms with van der Waals surface area (Å²) in [4.78, 5) is 2.46. The summed E-state index contributed by atoms with van der Waals surface area (Å²) >= 11 is 0. The molecule has 0 aromatic carbocycles. The van der Waals surface area contributed by atoms with Crippen LogP contribution in [0.3, 0.4) is 0 Å². The molecule has 1 heterocycles. The Labute approximate surface area is 94.2 Å². The number of nitrogens with one attached hydrogen (secondary N) is 1. The number of methoxy groups -OCH3 is 1. The highest BCUT2D eigenvalue weighted by atomic mass is 16.5. The van der Waals surface area contributed by atoms with Crippen molar-refractivity contribution in [1.29, 1.82) is 0 Å². The van der Waals surface area contributed by atoms with Crippen LogP contribution in [0.5, 0.6) is 0 Å². The summed E-state index contributed by atoms with van der Waals surface area (Å²) in [5.41, 5.74) is 0. The summed E-state index contributed by atoms with van der Waals surface area (Å²) < 4.78 is 5.05. The number of piperidine rings is 1. The summed E-state index contributed by atoms with van der Waals surface area (Å²) in [5.74, 6) is 0.758. The van der Waals surface area contributed by atoms with Crippen molar-refractivity contribution in [2.24, 2.45) is 5.92 Å². The SMILES string of the molecule is COCCCNC1CC(C)N(C)CC1C. The minimum atomic E-state index is 0.688. The van der Waals surface area contributed by atoms with Crippen LogP contribution in [-0.2, 0) is 4.74 Å². The van der Waals surface area contributed by atoms with Crippen molar-refractivity contribution in [1.82, 2.24) is 10.2 Å². The molecule has 1 aliphatic rings. The summed E-state index contributed by atoms with van der Waals surface area (Å²) in [6.07, 6.45) is 2.38. The zero-order valence-electron chi connectivity index (χ0n) is 10.6. The first kappa shape index (κ1) is 12.9. The van der Waals surface area contributed by atoms with Gasteiger partial charge in [0.15, 0.2) is 0 Å². The molecule has 90 valence electrons. The van der Waals surface area contributed by atoms with Crippen LogP contribution in [0.2, 0.25) is 0 Å². The van der Waals surface area contributed by atoms with Crippen molar-refractivity contribution in [3.8, 4) is 0 Å². The molecule has 0 saturated carbocycles. The molecule has 0 bridgehead atoms. The molecule has 0 radical (unpaired) electrons. The van der Waals surface area contributed by atoms with Gasteiger partial charge in [-0.15, -0.1) is 0 Å². The second-order valence-electron chi connectivity index (χ2n) is 4.91. The van der Waals surface area contributed by atoms with Crippen LogP contribution in [0, 0.1) is 5.92 Å². The Bertz CT molecular complexity index is 175. The van der Waals surface area contributed by atoms with Crippen LogP contribution in [0.1, 0.15) is 26.7 Å². The highest BCUT2D eigenvalue weighted by molar-refractivity contribution is 4.85. The Kier molecular flexibility index (Phi) is 5.58. The van der Waals surface area contributed by atoms with E-state index in [4.69, 9.17) is 4.74 Å². The van der Waals surface area contributed by atoms with Crippen molar-refractivity contribution in [2.75, 3.05) is 33.9 Å². The van der Waals surface area contributed by atoms with Crippen molar-refractivity contribution in [3.05, 3.63) is 0 Å². The van der Waals surface area contributed by atoms with Crippen LogP contribution in [0.4, 0.5) is 0 Å². The van der Waals surface area contributed by atoms with Crippen molar-refractivity contribution < 1.29 is 4.74 Å². The number of likely N-dealkylation sites (tertiary alicyclic amines) is 1. The molecule has 0 aliphatic carbocycles. The third-order valence-corrected chi connectivity index (χ3v) is 3.54. The molecule has 0 aromatic heterocycles. The van der Waals surface area contributed by atoms with Gasteiger partial charge in [-0.2, -0.15) is 0 Å². The average Bonchev–Trinajstić information content (AvgIpc) is 2.20. The molecular formula is C12H26N2O. The van der Waals surface area contributed by atoms with Crippen LogP contribution in [0.25, 0.3) is 0 Å². The van der Waals surface area contributed by atoms with Gasteiger partial charge >= 0.3 is 0 Å². The smallest absolute Gasteiger partial charge is 0.0474 e. The fraction of sp³-hybridized carbons (Fsp3) is 1.00. The molecule has 3 nitrogen and oxygen atoms in total. The quantitative estimate of drug-likeness (QED) is 0.699. The number of nitrogens with zero attached hydrogens (tertiary/aromatic N) is 1. The van der Waals surface area contributed by atoms with Crippen molar-refractivity contribution in [2.45, 2.75) is 38.8 Å². The molecule has 1 aliphatic heterocycles. The van der Waals surface area contributed by atoms with Gasteiger partial charge < -0.3 is 15.0 Å². The predicted molar refractivity (Wildman–Crippen MR) is 64.2 cm³/mol. The molecule has 0 spiro atoms. The van der Waals surface area contributed by atoms with E-state index in [2.05, 4.69) is 31.1 Å². The van der Waals surface area contributed by atoms with Gasteiger partial charge in [0.1, 0.15) is 0 Å². The third kappa shape index (κ3) is 4.09. The van der Waals surface area contributed by atoms with E-state index in [0.717, 1.165) is 25.5 Å². The molecule has 1 saturated heterocycles. The second kappa shape index (κ2) is 6.46. The fourth-order valence-corrected chi connectivity index (χ4v) is 2.33. The maximum absolute atomic E-state index is 5.05. The Hall–Kier alpha value is -0.120. The van der Waals surface area contributed by atoms with Gasteiger partial charge in [-0.1, -0.05) is 6.92 Å². The van der Waals surface area contributed by atoms with Crippen LogP contribution >= 0.6 is 0 Å². The Morgan fingerprint density at radius 3 is 2.80 bits per heavy atom. The Morgan fingerprint density at radius 2 is 2.13 bits per heavy atom. The maximum Gasteiger partial charge on any atom is 0.0474 e. The summed E-state index contributed by atoms with van der Waals surface area (Å²) in [5, 5.41) is 3.65. The van der Waals surface area contributed by atoms with E-state index < -0.39 is 0 Å². The standard InChI is InChI=1S/C12H26N2O/c1-10-9-14(3)11(2)8-12(10)13-6-5-7-15-4/h10-13H,5-9H2,1-4H3. The van der Waals surface area contributed by atoms with Gasteiger partial charge in [0, 0.05) is 32.3 Å². The van der Waals surface area contributed by atoms with Crippen molar-refractivity contribution >= 4 is 0 Å². The highest BCUT2D eigenvalue weighted by Gasteiger charge is 2.27. The molecule has 0 aromatic rings. The molecule has 3 unspecified atom stereocenters. The van der Waals surface area contributed by atoms with E-state index in [-0.39, 0.29) is 0 Å². The third-order valence-electron chi connectivity index (χ3n) is 3.54. The van der Waals surface area contributed by atoms with Gasteiger partial charge in [0.05, 0.1) is 0 Å². The average molecular weight is 214 g/mol. The summed E-state index contributed by atoms with van der Waals surface area (Å²) in [6, 6.07) is 1.40. The zero-order valence-corrected chi connectivity index (χ0v) is 10.6. The van der Waals surface area contributed by atoms with E-state index in [0.29, 0.717) is 12.1 Å². The second-order valence-corrected chi connectivity index (χ2v) is 4.91. The molecule has 1 N–H and O–H groups in total. The number of hydrogen-bond donors (Lipinski definition) is 1. The lowest BCUT2D eigenvalue weighted by molar-refractivity contribution is 0.119. The lowest BCUT2D eigenvalue weighted by Gasteiger charge is -2.40. The first-order chi connectivity index (χ1) is 7.15. The van der Waals surface area contributed by atoms with E-state index in [9.17, 15) is 0 Å². The van der Waals surface area contributed by atoms with Gasteiger partial charge in [0.25, 0.3) is 0 Å². The highest BCUT2D eigenvalue weighted by Crippen LogP contribution is 2.20. The van der Waals surface area contributed by atoms with Gasteiger partial charge in [-0.25, -0.2) is 0 Å². The monoisotopic (exact) mass is 214 g/mol. The maximum atomic E-state index is 5.05. The summed E-state index contributed by atoms with van der Waals surface area (Å²) in [6.45, 7) is 7.82. The van der Waals surface area contributed by atoms with Crippen LogP contribution < -0.4 is 5.32 Å². The molecular weight excluding hydrogens is 188 g/mol. The summed E-state index contributed by atoms with van der Waals surface area (Å²) in [7, 11) is 3.99. The number of hydrogen-bond acceptors (Lipinski definition) is 3. The Morgan fingerprint density at radius 1 is 1.40 bits per heavy atom. The van der Waals surface area contributed by atoms with Gasteiger partial charge in [-0.3, -0.25) is 0 Å². The zero-order chi connectivity index (χ0) is 11.3. The van der Waals surface area contributed by atoms with Gasteiger partial charge in [-0.05, 0) is 39.3 Å². The molecule has 0 amide bonds. The largest absolute Gasteiger partial charge is 0.385 e. The molecule has 3 atom stereocenters. The number of rotatable bonds is 5. The first-order valence-corrected chi connectivity index (χ1v) is 6.07. The van der Waals surface area contributed by atoms with Crippen LogP contribution in [0.15, 0.2) is 0 Å². The molecule has 15 heavy (non-hydrogen) atoms. The molecule has 1 rings (SSSR count). The Balaban J connectivity index is 2.22. The predicted octanol–water partition coefficient (Wildman–Crippen LogP) is 1.34. The molecule has 3 heteroatoms. The lowest BCUT2D eigenvalue weighted by atomic mass is 9.90. The van der Waals surface area contributed by atoms with Gasteiger partial charge in [0.2, 0.25) is 0 Å². The first-order valence-electron chi connectivity index (χ1n) is 6.07. The molecule has 1 fully saturated rings. The minimum absolute atomic E-state index is 0.688. The van der Waals surface area contributed by atoms with E-state index in [1.54, 1.807) is 7.11 Å². The minimum Gasteiger partial charge on any atom is -0.385 e. The fourth-order valence-electron chi connectivity index (χ4n) is 2.33.